The molecule has 0 radical (unpaired) electrons. The average molecular weight is 209 g/mol. The maximum absolute atomic E-state index is 11.2. The second kappa shape index (κ2) is 5.19. The van der Waals surface area contributed by atoms with Crippen molar-refractivity contribution in [2.45, 2.75) is 26.4 Å². The molecule has 0 spiro atoms. The molecule has 0 aliphatic heterocycles. The maximum atomic E-state index is 11.2. The summed E-state index contributed by atoms with van der Waals surface area (Å²) in [5.41, 5.74) is 0.996. The highest BCUT2D eigenvalue weighted by Crippen LogP contribution is 2.08. The molecule has 15 heavy (non-hydrogen) atoms. The van der Waals surface area contributed by atoms with Crippen LogP contribution in [0.1, 0.15) is 19.4 Å². The van der Waals surface area contributed by atoms with Gasteiger partial charge >= 0.3 is 0 Å². The van der Waals surface area contributed by atoms with Gasteiger partial charge in [-0.25, -0.2) is 0 Å². The molecule has 1 aromatic carbocycles. The molecule has 0 aliphatic carbocycles. The molecule has 1 aromatic rings. The lowest BCUT2D eigenvalue weighted by Crippen LogP contribution is -2.36. The van der Waals surface area contributed by atoms with Crippen LogP contribution < -0.4 is 0 Å². The van der Waals surface area contributed by atoms with Gasteiger partial charge in [-0.15, -0.1) is 5.01 Å². The molecule has 0 aromatic heterocycles. The Labute approximate surface area is 88.8 Å². The summed E-state index contributed by atoms with van der Waals surface area (Å²) in [5.74, 6) is 0. The number of benzene rings is 1. The van der Waals surface area contributed by atoms with E-state index in [0.29, 0.717) is 6.54 Å². The van der Waals surface area contributed by atoms with Gasteiger partial charge in [0, 0.05) is 0 Å². The van der Waals surface area contributed by atoms with E-state index in [1.807, 2.05) is 44.2 Å². The van der Waals surface area contributed by atoms with Crippen molar-refractivity contribution in [2.75, 3.05) is 0 Å². The van der Waals surface area contributed by atoms with Crippen molar-refractivity contribution < 1.29 is 10.2 Å². The molecule has 0 fully saturated rings. The molecule has 0 bridgehead atoms. The van der Waals surface area contributed by atoms with Crippen LogP contribution >= 0.6 is 0 Å². The normalized spacial score (nSPS) is 11.8. The Bertz CT molecular complexity index is 325. The Morgan fingerprint density at radius 2 is 2.00 bits per heavy atom. The van der Waals surface area contributed by atoms with E-state index in [1.54, 1.807) is 0 Å². The summed E-state index contributed by atoms with van der Waals surface area (Å²) in [5, 5.41) is 23.6. The third-order valence-corrected chi connectivity index (χ3v) is 2.08. The van der Waals surface area contributed by atoms with Crippen molar-refractivity contribution in [3.63, 3.8) is 0 Å². The first-order valence-corrected chi connectivity index (χ1v) is 4.78. The van der Waals surface area contributed by atoms with Crippen LogP contribution in [-0.4, -0.2) is 21.2 Å². The van der Waals surface area contributed by atoms with Crippen LogP contribution in [0.15, 0.2) is 35.6 Å². The van der Waals surface area contributed by atoms with Crippen LogP contribution in [0.25, 0.3) is 0 Å². The largest absolute Gasteiger partial charge is 0.569 e. The van der Waals surface area contributed by atoms with Gasteiger partial charge in [0.1, 0.15) is 6.54 Å². The van der Waals surface area contributed by atoms with Crippen LogP contribution in [0.2, 0.25) is 0 Å². The molecular formula is C10H15N3O2. The third-order valence-electron chi connectivity index (χ3n) is 2.08. The number of nitrogens with zero attached hydrogens (tertiary/aromatic N) is 3. The van der Waals surface area contributed by atoms with Gasteiger partial charge in [-0.2, -0.15) is 0 Å². The lowest BCUT2D eigenvalue weighted by Gasteiger charge is -2.21. The standard InChI is InChI=1S/C10H15N3O2/c1-9(2)12(13(15)11-14)8-10-6-4-3-5-7-10/h3-7,9,14H,8H2,1-2H3/b13-11-. The van der Waals surface area contributed by atoms with Gasteiger partial charge in [-0.3, -0.25) is 0 Å². The number of rotatable bonds is 4. The van der Waals surface area contributed by atoms with Gasteiger partial charge in [0.15, 0.2) is 0 Å². The van der Waals surface area contributed by atoms with E-state index in [9.17, 15) is 5.21 Å². The summed E-state index contributed by atoms with van der Waals surface area (Å²) < 4.78 is 0. The quantitative estimate of drug-likeness (QED) is 0.469. The summed E-state index contributed by atoms with van der Waals surface area (Å²) in [7, 11) is 0. The van der Waals surface area contributed by atoms with E-state index in [2.05, 4.69) is 5.28 Å². The predicted molar refractivity (Wildman–Crippen MR) is 55.0 cm³/mol. The van der Waals surface area contributed by atoms with E-state index in [4.69, 9.17) is 5.21 Å². The zero-order valence-electron chi connectivity index (χ0n) is 8.87. The molecule has 1 N–H and O–H groups in total. The minimum Gasteiger partial charge on any atom is -0.569 e. The van der Waals surface area contributed by atoms with Gasteiger partial charge in [0.05, 0.1) is 11.0 Å². The molecule has 0 heterocycles. The predicted octanol–water partition coefficient (Wildman–Crippen LogP) is 2.16. The van der Waals surface area contributed by atoms with Crippen LogP contribution in [0, 0.1) is 5.21 Å². The van der Waals surface area contributed by atoms with Crippen molar-refractivity contribution in [3.8, 4) is 0 Å². The minimum atomic E-state index is -0.0291. The van der Waals surface area contributed by atoms with Crippen molar-refractivity contribution in [3.05, 3.63) is 41.1 Å². The molecule has 82 valence electrons. The Hall–Kier alpha value is -1.78. The lowest BCUT2D eigenvalue weighted by molar-refractivity contribution is -0.719. The van der Waals surface area contributed by atoms with Gasteiger partial charge < -0.3 is 10.4 Å². The third kappa shape index (κ3) is 3.12. The Kier molecular flexibility index (Phi) is 3.91. The average Bonchev–Trinajstić information content (AvgIpc) is 2.26. The van der Waals surface area contributed by atoms with Crippen molar-refractivity contribution >= 4 is 0 Å². The number of hydrazine groups is 1. The fourth-order valence-electron chi connectivity index (χ4n) is 1.26. The molecule has 0 unspecified atom stereocenters. The minimum absolute atomic E-state index is 0.0291. The summed E-state index contributed by atoms with van der Waals surface area (Å²) in [6, 6.07) is 9.52. The van der Waals surface area contributed by atoms with Gasteiger partial charge in [0.2, 0.25) is 5.28 Å². The first-order valence-electron chi connectivity index (χ1n) is 4.78. The van der Waals surface area contributed by atoms with E-state index in [0.717, 1.165) is 5.56 Å². The molecule has 0 saturated carbocycles. The second-order valence-corrected chi connectivity index (χ2v) is 3.52. The zero-order valence-corrected chi connectivity index (χ0v) is 8.87. The summed E-state index contributed by atoms with van der Waals surface area (Å²) in [6.07, 6.45) is 0. The van der Waals surface area contributed by atoms with Crippen molar-refractivity contribution in [1.29, 1.82) is 0 Å². The molecule has 5 nitrogen and oxygen atoms in total. The smallest absolute Gasteiger partial charge is 0.230 e. The lowest BCUT2D eigenvalue weighted by atomic mass is 10.2. The molecule has 1 rings (SSSR count). The van der Waals surface area contributed by atoms with Gasteiger partial charge in [-0.05, 0) is 19.4 Å². The monoisotopic (exact) mass is 209 g/mol. The maximum Gasteiger partial charge on any atom is 0.230 e. The van der Waals surface area contributed by atoms with Crippen LogP contribution in [-0.2, 0) is 6.54 Å². The van der Waals surface area contributed by atoms with E-state index < -0.39 is 0 Å². The number of hydrogen-bond donors (Lipinski definition) is 1. The topological polar surface area (TPSA) is 61.9 Å². The second-order valence-electron chi connectivity index (χ2n) is 3.52. The van der Waals surface area contributed by atoms with Crippen molar-refractivity contribution in [2.24, 2.45) is 5.28 Å². The fraction of sp³-hybridized carbons (Fsp3) is 0.400. The highest BCUT2D eigenvalue weighted by atomic mass is 16.6. The van der Waals surface area contributed by atoms with E-state index in [1.165, 1.54) is 5.01 Å². The molecule has 0 saturated heterocycles. The van der Waals surface area contributed by atoms with E-state index >= 15 is 0 Å². The Balaban J connectivity index is 2.76. The zero-order chi connectivity index (χ0) is 11.3. The Morgan fingerprint density at radius 1 is 1.40 bits per heavy atom. The SMILES string of the molecule is CC(C)N(Cc1ccccc1)/[N+]([O-])=N/O. The Morgan fingerprint density at radius 3 is 2.47 bits per heavy atom. The van der Waals surface area contributed by atoms with Crippen LogP contribution in [0.5, 0.6) is 0 Å². The molecule has 5 heteroatoms. The highest BCUT2D eigenvalue weighted by molar-refractivity contribution is 5.14. The molecule has 0 aliphatic rings. The first-order chi connectivity index (χ1) is 7.15. The van der Waals surface area contributed by atoms with Gasteiger partial charge in [-0.1, -0.05) is 30.3 Å². The van der Waals surface area contributed by atoms with Crippen molar-refractivity contribution in [1.82, 2.24) is 5.01 Å². The summed E-state index contributed by atoms with van der Waals surface area (Å²) in [6.45, 7) is 4.14. The summed E-state index contributed by atoms with van der Waals surface area (Å²) in [4.78, 5) is 0.206. The molecule has 0 atom stereocenters. The van der Waals surface area contributed by atoms with Crippen LogP contribution in [0.3, 0.4) is 0 Å². The van der Waals surface area contributed by atoms with Gasteiger partial charge in [0.25, 0.3) is 0 Å². The molecular weight excluding hydrogens is 194 g/mol. The van der Waals surface area contributed by atoms with E-state index in [-0.39, 0.29) is 11.0 Å². The first kappa shape index (κ1) is 11.3. The number of hydrogen-bond acceptors (Lipinski definition) is 2. The highest BCUT2D eigenvalue weighted by Gasteiger charge is 2.17. The summed E-state index contributed by atoms with van der Waals surface area (Å²) >= 11 is 0. The molecule has 0 amide bonds. The fourth-order valence-corrected chi connectivity index (χ4v) is 1.26. The van der Waals surface area contributed by atoms with Crippen LogP contribution in [0.4, 0.5) is 0 Å².